The number of ether oxygens (including phenoxy) is 1. The van der Waals surface area contributed by atoms with Crippen molar-refractivity contribution < 1.29 is 18.7 Å². The van der Waals surface area contributed by atoms with Gasteiger partial charge in [-0.25, -0.2) is 4.98 Å². The molecule has 3 atom stereocenters. The maximum Gasteiger partial charge on any atom is 0.228 e. The van der Waals surface area contributed by atoms with Crippen LogP contribution in [0.4, 0.5) is 10.1 Å². The zero-order valence-electron chi connectivity index (χ0n) is 21.1. The third kappa shape index (κ3) is 6.04. The van der Waals surface area contributed by atoms with Gasteiger partial charge < -0.3 is 21.1 Å². The van der Waals surface area contributed by atoms with Crippen LogP contribution in [0.5, 0.6) is 0 Å². The fourth-order valence-corrected chi connectivity index (χ4v) is 4.90. The molecule has 194 valence electrons. The summed E-state index contributed by atoms with van der Waals surface area (Å²) in [5.74, 6) is -1.72. The van der Waals surface area contributed by atoms with E-state index < -0.39 is 29.8 Å². The minimum absolute atomic E-state index is 0.175. The minimum Gasteiger partial charge on any atom is -0.471 e. The molecule has 9 heteroatoms. The van der Waals surface area contributed by atoms with Crippen molar-refractivity contribution in [3.8, 4) is 0 Å². The van der Waals surface area contributed by atoms with Gasteiger partial charge in [-0.05, 0) is 63.1 Å². The van der Waals surface area contributed by atoms with E-state index in [4.69, 9.17) is 10.5 Å². The van der Waals surface area contributed by atoms with Gasteiger partial charge in [-0.3, -0.25) is 14.6 Å². The molecule has 0 radical (unpaired) electrons. The molecule has 4 N–H and O–H groups in total. The van der Waals surface area contributed by atoms with E-state index in [9.17, 15) is 14.0 Å². The van der Waals surface area contributed by atoms with Gasteiger partial charge in [-0.1, -0.05) is 25.0 Å². The van der Waals surface area contributed by atoms with Gasteiger partial charge in [0, 0.05) is 34.9 Å². The molecule has 1 saturated carbocycles. The molecule has 0 bridgehead atoms. The van der Waals surface area contributed by atoms with Crippen LogP contribution in [0.15, 0.2) is 65.7 Å². The first kappa shape index (κ1) is 26.1. The van der Waals surface area contributed by atoms with Crippen LogP contribution in [0.2, 0.25) is 0 Å². The molecule has 1 fully saturated rings. The Kier molecular flexibility index (Phi) is 8.01. The zero-order valence-corrected chi connectivity index (χ0v) is 21.1. The summed E-state index contributed by atoms with van der Waals surface area (Å²) in [6, 6.07) is 10.7. The number of allylic oxidation sites excluding steroid dienone is 1. The third-order valence-corrected chi connectivity index (χ3v) is 6.92. The number of hydrogen-bond acceptors (Lipinski definition) is 6. The van der Waals surface area contributed by atoms with Gasteiger partial charge in [-0.2, -0.15) is 4.39 Å². The smallest absolute Gasteiger partial charge is 0.228 e. The summed E-state index contributed by atoms with van der Waals surface area (Å²) in [6.45, 7) is 8.03. The van der Waals surface area contributed by atoms with Crippen molar-refractivity contribution >= 4 is 28.8 Å². The predicted molar refractivity (Wildman–Crippen MR) is 141 cm³/mol. The summed E-state index contributed by atoms with van der Waals surface area (Å²) < 4.78 is 19.8. The molecule has 0 spiro atoms. The van der Waals surface area contributed by atoms with Gasteiger partial charge in [0.15, 0.2) is 5.88 Å². The first-order valence-electron chi connectivity index (χ1n) is 12.4. The van der Waals surface area contributed by atoms with Crippen molar-refractivity contribution in [3.63, 3.8) is 0 Å². The molecular weight excluding hydrogens is 473 g/mol. The maximum atomic E-state index is 14.0. The predicted octanol–water partition coefficient (Wildman–Crippen LogP) is 4.48. The number of carbonyl (C=O) groups excluding carboxylic acids is 2. The topological polar surface area (TPSA) is 119 Å². The van der Waals surface area contributed by atoms with Gasteiger partial charge in [0.2, 0.25) is 17.8 Å². The Morgan fingerprint density at radius 3 is 2.51 bits per heavy atom. The van der Waals surface area contributed by atoms with E-state index in [1.165, 1.54) is 6.20 Å². The van der Waals surface area contributed by atoms with Crippen molar-refractivity contribution in [1.82, 2.24) is 10.3 Å². The van der Waals surface area contributed by atoms with Gasteiger partial charge in [0.25, 0.3) is 0 Å². The summed E-state index contributed by atoms with van der Waals surface area (Å²) in [7, 11) is 0. The lowest BCUT2D eigenvalue weighted by Gasteiger charge is -2.28. The number of nitrogens with two attached hydrogens (primary N) is 1. The van der Waals surface area contributed by atoms with E-state index in [-0.39, 0.29) is 11.8 Å². The molecule has 4 rings (SSSR count). The number of aliphatic imine (C=N–C) groups is 1. The number of primary amides is 1. The third-order valence-electron chi connectivity index (χ3n) is 6.92. The quantitative estimate of drug-likeness (QED) is 0.343. The first-order valence-corrected chi connectivity index (χ1v) is 12.4. The van der Waals surface area contributed by atoms with Crippen LogP contribution < -0.4 is 16.4 Å². The Morgan fingerprint density at radius 2 is 1.84 bits per heavy atom. The highest BCUT2D eigenvalue weighted by Gasteiger charge is 2.34. The zero-order chi connectivity index (χ0) is 26.5. The minimum atomic E-state index is -0.586. The standard InChI is InChI=1S/C28H32FN5O3/c1-16-25(33-18(3)37-17(2)21-9-6-14-31-26(21)29)24(15-32-16)19-10-12-20(13-11-19)34-28(36)23-8-5-4-7-22(23)27(30)35/h6,9-14,17,22-23,33H,3-5,7-8,15H2,1-2H3,(H2,30,35)(H,34,36)/t17?,22-,23-/m0/s1. The highest BCUT2D eigenvalue weighted by atomic mass is 19.1. The van der Waals surface area contributed by atoms with Crippen LogP contribution in [-0.2, 0) is 14.3 Å². The van der Waals surface area contributed by atoms with Gasteiger partial charge in [0.1, 0.15) is 6.10 Å². The second-order valence-electron chi connectivity index (χ2n) is 9.41. The van der Waals surface area contributed by atoms with E-state index in [0.29, 0.717) is 30.6 Å². The Labute approximate surface area is 215 Å². The molecule has 1 unspecified atom stereocenters. The lowest BCUT2D eigenvalue weighted by Crippen LogP contribution is -2.39. The number of carbonyl (C=O) groups is 2. The fourth-order valence-electron chi connectivity index (χ4n) is 4.90. The van der Waals surface area contributed by atoms with E-state index in [1.54, 1.807) is 19.1 Å². The molecule has 1 aromatic carbocycles. The van der Waals surface area contributed by atoms with Crippen LogP contribution in [0.25, 0.3) is 5.57 Å². The summed E-state index contributed by atoms with van der Waals surface area (Å²) in [5, 5.41) is 6.11. The molecule has 1 aliphatic heterocycles. The van der Waals surface area contributed by atoms with Crippen LogP contribution >= 0.6 is 0 Å². The SMILES string of the molecule is C=C(NC1=C(c2ccc(NC(=O)[C@H]3CCCC[C@@H]3C(N)=O)cc2)CN=C1C)OC(C)c1cccnc1F. The summed E-state index contributed by atoms with van der Waals surface area (Å²) >= 11 is 0. The Morgan fingerprint density at radius 1 is 1.14 bits per heavy atom. The van der Waals surface area contributed by atoms with E-state index in [0.717, 1.165) is 35.4 Å². The molecule has 2 heterocycles. The number of rotatable bonds is 9. The number of nitrogens with one attached hydrogen (secondary N) is 2. The molecule has 2 aromatic rings. The molecule has 0 saturated heterocycles. The second-order valence-corrected chi connectivity index (χ2v) is 9.41. The van der Waals surface area contributed by atoms with Crippen molar-refractivity contribution in [1.29, 1.82) is 0 Å². The Hall–Kier alpha value is -4.01. The van der Waals surface area contributed by atoms with Crippen molar-refractivity contribution in [3.05, 3.63) is 77.8 Å². The fraction of sp³-hybridized carbons (Fsp3) is 0.357. The number of halogens is 1. The van der Waals surface area contributed by atoms with Gasteiger partial charge in [0.05, 0.1) is 18.0 Å². The normalized spacial score (nSPS) is 20.1. The van der Waals surface area contributed by atoms with Crippen molar-refractivity contribution in [2.45, 2.75) is 45.6 Å². The van der Waals surface area contributed by atoms with Gasteiger partial charge in [-0.15, -0.1) is 0 Å². The highest BCUT2D eigenvalue weighted by molar-refractivity contribution is 6.08. The second kappa shape index (κ2) is 11.4. The molecule has 1 aromatic heterocycles. The van der Waals surface area contributed by atoms with Crippen LogP contribution in [0.1, 0.15) is 56.8 Å². The molecule has 2 amide bonds. The van der Waals surface area contributed by atoms with Crippen molar-refractivity contribution in [2.75, 3.05) is 11.9 Å². The Bertz CT molecular complexity index is 1250. The van der Waals surface area contributed by atoms with Crippen LogP contribution in [0, 0.1) is 17.8 Å². The van der Waals surface area contributed by atoms with E-state index in [2.05, 4.69) is 27.2 Å². The lowest BCUT2D eigenvalue weighted by atomic mass is 9.78. The number of amides is 2. The number of pyridine rings is 1. The largest absolute Gasteiger partial charge is 0.471 e. The number of aromatic nitrogens is 1. The number of hydrogen-bond donors (Lipinski definition) is 3. The highest BCUT2D eigenvalue weighted by Crippen LogP contribution is 2.32. The lowest BCUT2D eigenvalue weighted by molar-refractivity contribution is -0.131. The van der Waals surface area contributed by atoms with Crippen LogP contribution in [-0.4, -0.2) is 29.1 Å². The van der Waals surface area contributed by atoms with Gasteiger partial charge >= 0.3 is 0 Å². The van der Waals surface area contributed by atoms with E-state index >= 15 is 0 Å². The maximum absolute atomic E-state index is 14.0. The monoisotopic (exact) mass is 505 g/mol. The van der Waals surface area contributed by atoms with E-state index in [1.807, 2.05) is 31.2 Å². The molecule has 8 nitrogen and oxygen atoms in total. The number of anilines is 1. The summed E-state index contributed by atoms with van der Waals surface area (Å²) in [6.07, 6.45) is 3.94. The van der Waals surface area contributed by atoms with Crippen LogP contribution in [0.3, 0.4) is 0 Å². The average Bonchev–Trinajstić information content (AvgIpc) is 3.24. The average molecular weight is 506 g/mol. The Balaban J connectivity index is 1.43. The number of nitrogens with zero attached hydrogens (tertiary/aromatic N) is 2. The molecule has 1 aliphatic carbocycles. The molecule has 37 heavy (non-hydrogen) atoms. The van der Waals surface area contributed by atoms with Crippen molar-refractivity contribution in [2.24, 2.45) is 22.6 Å². The molecule has 2 aliphatic rings. The molecular formula is C28H32FN5O3. The summed E-state index contributed by atoms with van der Waals surface area (Å²) in [4.78, 5) is 32.8. The number of benzene rings is 1. The first-order chi connectivity index (χ1) is 17.7. The summed E-state index contributed by atoms with van der Waals surface area (Å²) in [5.41, 5.74) is 9.95.